The molecule has 1 aliphatic carbocycles. The predicted molar refractivity (Wildman–Crippen MR) is 107 cm³/mol. The van der Waals surface area contributed by atoms with E-state index in [0.29, 0.717) is 24.3 Å². The second kappa shape index (κ2) is 9.41. The van der Waals surface area contributed by atoms with Gasteiger partial charge in [-0.2, -0.15) is 13.2 Å². The standard InChI is InChI=1S/C23H26F3NO3/c1-29-19-10-6-15(7-11-19)21(16-8-12-20(30-2)13-9-16)27-22(28)17-4-3-5-18(14-17)23(24,25)26/h6-13,17-18,21H,3-5,14H2,1-2H3,(H,27,28)/t17-,18-/m0/s1. The molecule has 0 spiro atoms. The first-order valence-electron chi connectivity index (χ1n) is 9.96. The Hall–Kier alpha value is -2.70. The third kappa shape index (κ3) is 5.26. The van der Waals surface area contributed by atoms with Crippen LogP contribution in [0.2, 0.25) is 0 Å². The van der Waals surface area contributed by atoms with Crippen LogP contribution in [0, 0.1) is 11.8 Å². The summed E-state index contributed by atoms with van der Waals surface area (Å²) >= 11 is 0. The molecule has 0 bridgehead atoms. The van der Waals surface area contributed by atoms with Gasteiger partial charge in [-0.1, -0.05) is 30.7 Å². The number of hydrogen-bond acceptors (Lipinski definition) is 3. The van der Waals surface area contributed by atoms with Gasteiger partial charge in [-0.15, -0.1) is 0 Å². The lowest BCUT2D eigenvalue weighted by Gasteiger charge is -2.31. The SMILES string of the molecule is COc1ccc(C(NC(=O)[C@H]2CCC[C@H](C(F)(F)F)C2)c2ccc(OC)cc2)cc1. The number of alkyl halides is 3. The molecular weight excluding hydrogens is 395 g/mol. The summed E-state index contributed by atoms with van der Waals surface area (Å²) in [7, 11) is 3.13. The number of methoxy groups -OCH3 is 2. The predicted octanol–water partition coefficient (Wildman–Crippen LogP) is 5.28. The van der Waals surface area contributed by atoms with Gasteiger partial charge in [0.05, 0.1) is 26.2 Å². The van der Waals surface area contributed by atoms with Crippen molar-refractivity contribution in [3.63, 3.8) is 0 Å². The molecule has 0 aliphatic heterocycles. The maximum Gasteiger partial charge on any atom is 0.391 e. The average molecular weight is 421 g/mol. The summed E-state index contributed by atoms with van der Waals surface area (Å²) in [6.07, 6.45) is -3.46. The first kappa shape index (κ1) is 22.0. The van der Waals surface area contributed by atoms with Gasteiger partial charge in [0, 0.05) is 5.92 Å². The summed E-state index contributed by atoms with van der Waals surface area (Å²) in [4.78, 5) is 12.9. The second-order valence-electron chi connectivity index (χ2n) is 7.59. The van der Waals surface area contributed by atoms with Crippen LogP contribution in [0.5, 0.6) is 11.5 Å². The Labute approximate surface area is 174 Å². The number of benzene rings is 2. The van der Waals surface area contributed by atoms with Crippen molar-refractivity contribution in [3.05, 3.63) is 59.7 Å². The molecule has 0 heterocycles. The van der Waals surface area contributed by atoms with Gasteiger partial charge in [-0.25, -0.2) is 0 Å². The lowest BCUT2D eigenvalue weighted by atomic mass is 9.80. The smallest absolute Gasteiger partial charge is 0.391 e. The van der Waals surface area contributed by atoms with Crippen LogP contribution in [0.4, 0.5) is 13.2 Å². The van der Waals surface area contributed by atoms with E-state index in [4.69, 9.17) is 9.47 Å². The molecule has 30 heavy (non-hydrogen) atoms. The van der Waals surface area contributed by atoms with Crippen molar-refractivity contribution >= 4 is 5.91 Å². The van der Waals surface area contributed by atoms with Crippen molar-refractivity contribution in [3.8, 4) is 11.5 Å². The van der Waals surface area contributed by atoms with Crippen LogP contribution < -0.4 is 14.8 Å². The average Bonchev–Trinajstić information content (AvgIpc) is 2.77. The Kier molecular flexibility index (Phi) is 6.90. The molecule has 1 amide bonds. The van der Waals surface area contributed by atoms with Gasteiger partial charge in [0.25, 0.3) is 0 Å². The zero-order valence-electron chi connectivity index (χ0n) is 17.0. The van der Waals surface area contributed by atoms with E-state index in [2.05, 4.69) is 5.32 Å². The van der Waals surface area contributed by atoms with Gasteiger partial charge in [-0.3, -0.25) is 4.79 Å². The van der Waals surface area contributed by atoms with Crippen molar-refractivity contribution in [2.45, 2.75) is 37.9 Å². The Balaban J connectivity index is 1.83. The zero-order chi connectivity index (χ0) is 21.7. The highest BCUT2D eigenvalue weighted by Crippen LogP contribution is 2.40. The van der Waals surface area contributed by atoms with Gasteiger partial charge < -0.3 is 14.8 Å². The minimum atomic E-state index is -4.26. The maximum absolute atomic E-state index is 13.2. The van der Waals surface area contributed by atoms with E-state index in [1.807, 2.05) is 24.3 Å². The van der Waals surface area contributed by atoms with Crippen molar-refractivity contribution in [2.24, 2.45) is 11.8 Å². The molecule has 1 fully saturated rings. The number of ether oxygens (including phenoxy) is 2. The molecule has 0 radical (unpaired) electrons. The molecule has 1 N–H and O–H groups in total. The van der Waals surface area contributed by atoms with Crippen molar-refractivity contribution in [2.75, 3.05) is 14.2 Å². The van der Waals surface area contributed by atoms with Crippen LogP contribution in [-0.2, 0) is 4.79 Å². The van der Waals surface area contributed by atoms with E-state index in [1.165, 1.54) is 0 Å². The topological polar surface area (TPSA) is 47.6 Å². The highest BCUT2D eigenvalue weighted by atomic mass is 19.4. The van der Waals surface area contributed by atoms with E-state index < -0.39 is 24.1 Å². The summed E-state index contributed by atoms with van der Waals surface area (Å²) in [6.45, 7) is 0. The van der Waals surface area contributed by atoms with Crippen LogP contribution in [0.1, 0.15) is 42.9 Å². The Morgan fingerprint density at radius 3 is 1.87 bits per heavy atom. The van der Waals surface area contributed by atoms with Crippen LogP contribution in [0.25, 0.3) is 0 Å². The number of amides is 1. The molecule has 0 unspecified atom stereocenters. The Bertz CT molecular complexity index is 787. The number of carbonyl (C=O) groups is 1. The normalized spacial score (nSPS) is 19.4. The number of carbonyl (C=O) groups excluding carboxylic acids is 1. The van der Waals surface area contributed by atoms with Gasteiger partial charge in [0.15, 0.2) is 0 Å². The number of nitrogens with one attached hydrogen (secondary N) is 1. The van der Waals surface area contributed by atoms with Gasteiger partial charge in [0.1, 0.15) is 11.5 Å². The molecule has 162 valence electrons. The molecule has 3 rings (SSSR count). The minimum absolute atomic E-state index is 0.0909. The number of rotatable bonds is 6. The van der Waals surface area contributed by atoms with E-state index in [9.17, 15) is 18.0 Å². The lowest BCUT2D eigenvalue weighted by Crippen LogP contribution is -2.39. The quantitative estimate of drug-likeness (QED) is 0.691. The Morgan fingerprint density at radius 2 is 1.43 bits per heavy atom. The molecule has 7 heteroatoms. The fourth-order valence-corrected chi connectivity index (χ4v) is 3.94. The summed E-state index contributed by atoms with van der Waals surface area (Å²) in [5.41, 5.74) is 1.63. The largest absolute Gasteiger partial charge is 0.497 e. The van der Waals surface area contributed by atoms with Crippen LogP contribution in [0.3, 0.4) is 0 Å². The number of halogens is 3. The number of hydrogen-bond donors (Lipinski definition) is 1. The van der Waals surface area contributed by atoms with Crippen LogP contribution >= 0.6 is 0 Å². The van der Waals surface area contributed by atoms with E-state index in [0.717, 1.165) is 11.1 Å². The van der Waals surface area contributed by atoms with E-state index >= 15 is 0 Å². The van der Waals surface area contributed by atoms with Crippen molar-refractivity contribution in [1.29, 1.82) is 0 Å². The molecule has 2 aromatic carbocycles. The summed E-state index contributed by atoms with van der Waals surface area (Å²) in [5.74, 6) is -1.05. The van der Waals surface area contributed by atoms with Crippen LogP contribution in [-0.4, -0.2) is 26.3 Å². The maximum atomic E-state index is 13.2. The zero-order valence-corrected chi connectivity index (χ0v) is 17.0. The third-order valence-electron chi connectivity index (χ3n) is 5.69. The monoisotopic (exact) mass is 421 g/mol. The molecule has 0 saturated heterocycles. The van der Waals surface area contributed by atoms with Gasteiger partial charge in [-0.05, 0) is 54.7 Å². The van der Waals surface area contributed by atoms with Crippen LogP contribution in [0.15, 0.2) is 48.5 Å². The van der Waals surface area contributed by atoms with Crippen molar-refractivity contribution in [1.82, 2.24) is 5.32 Å². The molecule has 4 nitrogen and oxygen atoms in total. The lowest BCUT2D eigenvalue weighted by molar-refractivity contribution is -0.186. The van der Waals surface area contributed by atoms with Crippen molar-refractivity contribution < 1.29 is 27.4 Å². The summed E-state index contributed by atoms with van der Waals surface area (Å²) in [6, 6.07) is 14.0. The molecule has 1 aliphatic rings. The van der Waals surface area contributed by atoms with E-state index in [1.54, 1.807) is 38.5 Å². The fourth-order valence-electron chi connectivity index (χ4n) is 3.94. The van der Waals surface area contributed by atoms with E-state index in [-0.39, 0.29) is 18.7 Å². The minimum Gasteiger partial charge on any atom is -0.497 e. The summed E-state index contributed by atoms with van der Waals surface area (Å²) in [5, 5.41) is 2.98. The molecule has 1 saturated carbocycles. The summed E-state index contributed by atoms with van der Waals surface area (Å²) < 4.78 is 49.9. The first-order chi connectivity index (χ1) is 14.3. The highest BCUT2D eigenvalue weighted by molar-refractivity contribution is 5.79. The second-order valence-corrected chi connectivity index (χ2v) is 7.59. The fraction of sp³-hybridized carbons (Fsp3) is 0.435. The Morgan fingerprint density at radius 1 is 0.933 bits per heavy atom. The molecule has 2 atom stereocenters. The molecule has 0 aromatic heterocycles. The van der Waals surface area contributed by atoms with Gasteiger partial charge in [0.2, 0.25) is 5.91 Å². The third-order valence-corrected chi connectivity index (χ3v) is 5.69. The highest BCUT2D eigenvalue weighted by Gasteiger charge is 2.43. The first-order valence-corrected chi connectivity index (χ1v) is 9.96. The molecule has 2 aromatic rings. The molecular formula is C23H26F3NO3. The van der Waals surface area contributed by atoms with Gasteiger partial charge >= 0.3 is 6.18 Å².